The monoisotopic (exact) mass is 329 g/mol. The highest BCUT2D eigenvalue weighted by molar-refractivity contribution is 5.80. The van der Waals surface area contributed by atoms with Crippen LogP contribution in [-0.4, -0.2) is 31.7 Å². The van der Waals surface area contributed by atoms with Crippen molar-refractivity contribution in [1.82, 2.24) is 0 Å². The fourth-order valence-electron chi connectivity index (χ4n) is 2.41. The molecule has 128 valence electrons. The molecule has 2 aromatic rings. The predicted octanol–water partition coefficient (Wildman–Crippen LogP) is 3.89. The fourth-order valence-corrected chi connectivity index (χ4v) is 2.41. The highest BCUT2D eigenvalue weighted by Gasteiger charge is 2.07. The van der Waals surface area contributed by atoms with E-state index in [0.717, 1.165) is 16.9 Å². The van der Waals surface area contributed by atoms with Crippen molar-refractivity contribution in [3.05, 3.63) is 52.6 Å². The average Bonchev–Trinajstić information content (AvgIpc) is 2.56. The van der Waals surface area contributed by atoms with Gasteiger partial charge in [-0.05, 0) is 61.7 Å². The zero-order valence-corrected chi connectivity index (χ0v) is 14.5. The molecule has 0 bridgehead atoms. The molecule has 0 fully saturated rings. The largest absolute Gasteiger partial charge is 0.493 e. The van der Waals surface area contributed by atoms with Crippen molar-refractivity contribution in [2.75, 3.05) is 20.3 Å². The lowest BCUT2D eigenvalue weighted by Gasteiger charge is -2.14. The molecule has 0 saturated carbocycles. The summed E-state index contributed by atoms with van der Waals surface area (Å²) in [6.07, 6.45) is 1.34. The number of aryl methyl sites for hydroxylation is 2. The van der Waals surface area contributed by atoms with Gasteiger partial charge >= 0.3 is 0 Å². The lowest BCUT2D eigenvalue weighted by atomic mass is 10.1. The van der Waals surface area contributed by atoms with Crippen LogP contribution in [0.5, 0.6) is 17.2 Å². The molecule has 0 aliphatic carbocycles. The van der Waals surface area contributed by atoms with Crippen molar-refractivity contribution < 1.29 is 19.4 Å². The van der Waals surface area contributed by atoms with Gasteiger partial charge in [0, 0.05) is 5.56 Å². The van der Waals surface area contributed by atoms with Crippen LogP contribution in [0.15, 0.2) is 35.5 Å². The maximum atomic E-state index is 8.63. The van der Waals surface area contributed by atoms with E-state index in [1.807, 2.05) is 13.0 Å². The minimum atomic E-state index is 0.377. The Kier molecular flexibility index (Phi) is 6.07. The number of ether oxygens (including phenoxy) is 3. The quantitative estimate of drug-likeness (QED) is 0.362. The first-order valence-electron chi connectivity index (χ1n) is 7.74. The van der Waals surface area contributed by atoms with Gasteiger partial charge in [-0.2, -0.15) is 0 Å². The van der Waals surface area contributed by atoms with Gasteiger partial charge in [-0.25, -0.2) is 0 Å². The number of benzene rings is 2. The highest BCUT2D eigenvalue weighted by Crippen LogP contribution is 2.28. The standard InChI is InChI=1S/C19H23NO4/c1-13-9-14(2)15(3)18(10-13)23-7-8-24-19-11-16(12-20-21)5-6-17(19)22-4/h5-6,9-12,21H,7-8H2,1-4H3. The highest BCUT2D eigenvalue weighted by atomic mass is 16.5. The second-order valence-corrected chi connectivity index (χ2v) is 5.56. The third-order valence-corrected chi connectivity index (χ3v) is 3.76. The van der Waals surface area contributed by atoms with Gasteiger partial charge in [0.15, 0.2) is 11.5 Å². The van der Waals surface area contributed by atoms with Crippen molar-refractivity contribution in [2.24, 2.45) is 5.16 Å². The van der Waals surface area contributed by atoms with E-state index in [1.165, 1.54) is 17.3 Å². The van der Waals surface area contributed by atoms with Crippen LogP contribution in [0.4, 0.5) is 0 Å². The fraction of sp³-hybridized carbons (Fsp3) is 0.316. The van der Waals surface area contributed by atoms with Crippen LogP contribution < -0.4 is 14.2 Å². The Morgan fingerprint density at radius 1 is 0.958 bits per heavy atom. The van der Waals surface area contributed by atoms with Crippen LogP contribution in [-0.2, 0) is 0 Å². The number of hydrogen-bond donors (Lipinski definition) is 1. The summed E-state index contributed by atoms with van der Waals surface area (Å²) < 4.78 is 16.9. The molecule has 5 heteroatoms. The normalized spacial score (nSPS) is 10.8. The van der Waals surface area contributed by atoms with Crippen molar-refractivity contribution in [3.63, 3.8) is 0 Å². The summed E-state index contributed by atoms with van der Waals surface area (Å²) in [5, 5.41) is 11.6. The number of nitrogens with zero attached hydrogens (tertiary/aromatic N) is 1. The minimum absolute atomic E-state index is 0.377. The molecular weight excluding hydrogens is 306 g/mol. The molecule has 0 aliphatic heterocycles. The molecule has 0 heterocycles. The SMILES string of the molecule is COc1ccc(C=NO)cc1OCCOc1cc(C)cc(C)c1C. The molecule has 0 spiro atoms. The summed E-state index contributed by atoms with van der Waals surface area (Å²) >= 11 is 0. The van der Waals surface area contributed by atoms with Gasteiger partial charge in [-0.15, -0.1) is 0 Å². The molecule has 2 aromatic carbocycles. The zero-order valence-electron chi connectivity index (χ0n) is 14.5. The number of methoxy groups -OCH3 is 1. The number of hydrogen-bond acceptors (Lipinski definition) is 5. The Hall–Kier alpha value is -2.69. The van der Waals surface area contributed by atoms with Gasteiger partial charge < -0.3 is 19.4 Å². The van der Waals surface area contributed by atoms with E-state index in [2.05, 4.69) is 25.1 Å². The Bertz CT molecular complexity index is 726. The summed E-state index contributed by atoms with van der Waals surface area (Å²) in [6.45, 7) is 6.97. The summed E-state index contributed by atoms with van der Waals surface area (Å²) in [7, 11) is 1.58. The van der Waals surface area contributed by atoms with E-state index in [1.54, 1.807) is 25.3 Å². The predicted molar refractivity (Wildman–Crippen MR) is 94.0 cm³/mol. The lowest BCUT2D eigenvalue weighted by Crippen LogP contribution is -2.10. The third kappa shape index (κ3) is 4.41. The Morgan fingerprint density at radius 3 is 2.33 bits per heavy atom. The first kappa shape index (κ1) is 17.7. The van der Waals surface area contributed by atoms with Crippen LogP contribution in [0.2, 0.25) is 0 Å². The maximum Gasteiger partial charge on any atom is 0.161 e. The van der Waals surface area contributed by atoms with E-state index in [0.29, 0.717) is 24.7 Å². The molecule has 0 atom stereocenters. The molecule has 5 nitrogen and oxygen atoms in total. The topological polar surface area (TPSA) is 60.3 Å². The smallest absolute Gasteiger partial charge is 0.161 e. The van der Waals surface area contributed by atoms with Crippen molar-refractivity contribution in [3.8, 4) is 17.2 Å². The molecule has 0 amide bonds. The van der Waals surface area contributed by atoms with E-state index >= 15 is 0 Å². The first-order valence-corrected chi connectivity index (χ1v) is 7.74. The van der Waals surface area contributed by atoms with Crippen molar-refractivity contribution >= 4 is 6.21 Å². The molecule has 1 N–H and O–H groups in total. The molecule has 0 saturated heterocycles. The molecular formula is C19H23NO4. The maximum absolute atomic E-state index is 8.63. The molecule has 0 aromatic heterocycles. The molecule has 0 unspecified atom stereocenters. The summed E-state index contributed by atoms with van der Waals surface area (Å²) in [5.41, 5.74) is 4.24. The van der Waals surface area contributed by atoms with Gasteiger partial charge in [0.1, 0.15) is 19.0 Å². The first-order chi connectivity index (χ1) is 11.5. The molecule has 2 rings (SSSR count). The van der Waals surface area contributed by atoms with E-state index in [9.17, 15) is 0 Å². The zero-order chi connectivity index (χ0) is 17.5. The van der Waals surface area contributed by atoms with E-state index in [4.69, 9.17) is 19.4 Å². The Morgan fingerprint density at radius 2 is 1.67 bits per heavy atom. The molecule has 0 radical (unpaired) electrons. The summed E-state index contributed by atoms with van der Waals surface area (Å²) in [6, 6.07) is 9.46. The van der Waals surface area contributed by atoms with Crippen LogP contribution in [0.25, 0.3) is 0 Å². The van der Waals surface area contributed by atoms with Crippen LogP contribution in [0.1, 0.15) is 22.3 Å². The van der Waals surface area contributed by atoms with Crippen molar-refractivity contribution in [2.45, 2.75) is 20.8 Å². The average molecular weight is 329 g/mol. The lowest BCUT2D eigenvalue weighted by molar-refractivity contribution is 0.210. The van der Waals surface area contributed by atoms with Gasteiger partial charge in [0.25, 0.3) is 0 Å². The third-order valence-electron chi connectivity index (χ3n) is 3.76. The molecule has 24 heavy (non-hydrogen) atoms. The van der Waals surface area contributed by atoms with Crippen molar-refractivity contribution in [1.29, 1.82) is 0 Å². The summed E-state index contributed by atoms with van der Waals surface area (Å²) in [5.74, 6) is 2.08. The Labute approximate surface area is 142 Å². The Balaban J connectivity index is 1.98. The van der Waals surface area contributed by atoms with E-state index in [-0.39, 0.29) is 0 Å². The minimum Gasteiger partial charge on any atom is -0.493 e. The van der Waals surface area contributed by atoms with Gasteiger partial charge in [0.05, 0.1) is 13.3 Å². The van der Waals surface area contributed by atoms with Crippen LogP contribution >= 0.6 is 0 Å². The van der Waals surface area contributed by atoms with Crippen LogP contribution in [0.3, 0.4) is 0 Å². The van der Waals surface area contributed by atoms with Crippen LogP contribution in [0, 0.1) is 20.8 Å². The second-order valence-electron chi connectivity index (χ2n) is 5.56. The summed E-state index contributed by atoms with van der Waals surface area (Å²) in [4.78, 5) is 0. The number of rotatable bonds is 7. The van der Waals surface area contributed by atoms with Gasteiger partial charge in [-0.1, -0.05) is 11.2 Å². The number of oxime groups is 1. The van der Waals surface area contributed by atoms with Gasteiger partial charge in [-0.3, -0.25) is 0 Å². The van der Waals surface area contributed by atoms with Gasteiger partial charge in [0.2, 0.25) is 0 Å². The van der Waals surface area contributed by atoms with E-state index < -0.39 is 0 Å². The molecule has 0 aliphatic rings. The second kappa shape index (κ2) is 8.24.